The fourth-order valence-corrected chi connectivity index (χ4v) is 4.38. The number of hydrogen-bond donors (Lipinski definition) is 3. The number of nitrogens with one attached hydrogen (secondary N) is 2. The van der Waals surface area contributed by atoms with Crippen molar-refractivity contribution in [3.63, 3.8) is 0 Å². The van der Waals surface area contributed by atoms with Crippen LogP contribution in [0.2, 0.25) is 5.02 Å². The van der Waals surface area contributed by atoms with Crippen LogP contribution in [-0.4, -0.2) is 23.1 Å². The van der Waals surface area contributed by atoms with Gasteiger partial charge in [0.15, 0.2) is 0 Å². The van der Waals surface area contributed by atoms with Gasteiger partial charge in [0.25, 0.3) is 11.6 Å². The Bertz CT molecular complexity index is 933. The molecule has 7 heteroatoms. The van der Waals surface area contributed by atoms with Crippen molar-refractivity contribution in [3.05, 3.63) is 59.1 Å². The second-order valence-corrected chi connectivity index (χ2v) is 8.24. The Morgan fingerprint density at radius 1 is 1.17 bits per heavy atom. The van der Waals surface area contributed by atoms with Crippen LogP contribution in [0.15, 0.2) is 48.5 Å². The highest BCUT2D eigenvalue weighted by molar-refractivity contribution is 6.30. The van der Waals surface area contributed by atoms with Gasteiger partial charge in [0.2, 0.25) is 0 Å². The molecule has 0 aromatic heterocycles. The van der Waals surface area contributed by atoms with Gasteiger partial charge in [-0.15, -0.1) is 0 Å². The Morgan fingerprint density at radius 3 is 2.59 bits per heavy atom. The fraction of sp³-hybridized carbons (Fsp3) is 0.364. The molecule has 1 aliphatic heterocycles. The van der Waals surface area contributed by atoms with E-state index in [1.165, 1.54) is 0 Å². The summed E-state index contributed by atoms with van der Waals surface area (Å²) in [5, 5.41) is 18.1. The molecule has 0 unspecified atom stereocenters. The minimum absolute atomic E-state index is 0.0375. The lowest BCUT2D eigenvalue weighted by molar-refractivity contribution is -0.141. The number of carbonyl (C=O) groups excluding carboxylic acids is 2. The SMILES string of the molecule is C[C@H]1CCCC[C@@H]1NC(=O)[C@]1(O)c2ccccc2NC(=O)N1c1ccc(Cl)cc1. The minimum atomic E-state index is -2.18. The maximum Gasteiger partial charge on any atom is 0.329 e. The smallest absolute Gasteiger partial charge is 0.329 e. The molecule has 2 aliphatic rings. The molecule has 0 spiro atoms. The number of anilines is 2. The summed E-state index contributed by atoms with van der Waals surface area (Å²) in [4.78, 5) is 27.5. The lowest BCUT2D eigenvalue weighted by atomic mass is 9.85. The van der Waals surface area contributed by atoms with Gasteiger partial charge in [-0.05, 0) is 49.1 Å². The Balaban J connectivity index is 1.78. The minimum Gasteiger partial charge on any atom is -0.359 e. The number of para-hydroxylation sites is 1. The maximum absolute atomic E-state index is 13.5. The molecule has 1 fully saturated rings. The standard InChI is InChI=1S/C22H24ClN3O3/c1-14-6-2-4-8-18(14)24-20(27)22(29)17-7-3-5-9-19(17)25-21(28)26(22)16-12-10-15(23)11-13-16/h3,5,7,9-14,18,29H,2,4,6,8H2,1H3,(H,24,27)(H,25,28)/t14-,18-,22+/m0/s1. The van der Waals surface area contributed by atoms with E-state index in [2.05, 4.69) is 17.6 Å². The zero-order valence-electron chi connectivity index (χ0n) is 16.2. The number of fused-ring (bicyclic) bond motifs is 1. The Morgan fingerprint density at radius 2 is 1.86 bits per heavy atom. The molecule has 3 N–H and O–H groups in total. The van der Waals surface area contributed by atoms with Crippen molar-refractivity contribution in [1.29, 1.82) is 0 Å². The Hall–Kier alpha value is -2.57. The van der Waals surface area contributed by atoms with Gasteiger partial charge >= 0.3 is 6.03 Å². The van der Waals surface area contributed by atoms with Gasteiger partial charge in [-0.25, -0.2) is 4.79 Å². The molecule has 1 heterocycles. The van der Waals surface area contributed by atoms with E-state index >= 15 is 0 Å². The quantitative estimate of drug-likeness (QED) is 0.704. The second kappa shape index (κ2) is 7.69. The van der Waals surface area contributed by atoms with E-state index in [-0.39, 0.29) is 6.04 Å². The van der Waals surface area contributed by atoms with E-state index in [1.54, 1.807) is 48.5 Å². The van der Waals surface area contributed by atoms with E-state index in [0.29, 0.717) is 27.9 Å². The highest BCUT2D eigenvalue weighted by Crippen LogP contribution is 2.40. The number of nitrogens with zero attached hydrogens (tertiary/aromatic N) is 1. The van der Waals surface area contributed by atoms with Crippen molar-refractivity contribution in [2.45, 2.75) is 44.4 Å². The fourth-order valence-electron chi connectivity index (χ4n) is 4.25. The van der Waals surface area contributed by atoms with E-state index in [1.807, 2.05) is 0 Å². The van der Waals surface area contributed by atoms with Crippen molar-refractivity contribution >= 4 is 34.9 Å². The van der Waals surface area contributed by atoms with Crippen molar-refractivity contribution < 1.29 is 14.7 Å². The molecule has 0 saturated heterocycles. The summed E-state index contributed by atoms with van der Waals surface area (Å²) >= 11 is 5.99. The van der Waals surface area contributed by atoms with Gasteiger partial charge in [0, 0.05) is 22.3 Å². The molecule has 3 atom stereocenters. The van der Waals surface area contributed by atoms with Crippen LogP contribution in [0.4, 0.5) is 16.2 Å². The van der Waals surface area contributed by atoms with E-state index in [0.717, 1.165) is 30.6 Å². The summed E-state index contributed by atoms with van der Waals surface area (Å²) in [6.07, 6.45) is 4.06. The van der Waals surface area contributed by atoms with Gasteiger partial charge in [-0.3, -0.25) is 9.69 Å². The first-order valence-electron chi connectivity index (χ1n) is 9.91. The van der Waals surface area contributed by atoms with Crippen molar-refractivity contribution in [2.75, 3.05) is 10.2 Å². The third kappa shape index (κ3) is 3.47. The molecule has 1 saturated carbocycles. The largest absolute Gasteiger partial charge is 0.359 e. The van der Waals surface area contributed by atoms with Gasteiger partial charge in [-0.2, -0.15) is 0 Å². The molecule has 152 valence electrons. The molecule has 3 amide bonds. The summed E-state index contributed by atoms with van der Waals surface area (Å²) < 4.78 is 0. The average Bonchev–Trinajstić information content (AvgIpc) is 2.71. The van der Waals surface area contributed by atoms with Crippen LogP contribution in [-0.2, 0) is 10.5 Å². The summed E-state index contributed by atoms with van der Waals surface area (Å²) in [6, 6.07) is 12.6. The molecule has 1 aliphatic carbocycles. The highest BCUT2D eigenvalue weighted by Gasteiger charge is 2.52. The van der Waals surface area contributed by atoms with Crippen molar-refractivity contribution in [3.8, 4) is 0 Å². The number of amides is 3. The number of aliphatic hydroxyl groups is 1. The van der Waals surface area contributed by atoms with Crippen LogP contribution in [0.1, 0.15) is 38.2 Å². The van der Waals surface area contributed by atoms with E-state index < -0.39 is 17.7 Å². The molecule has 0 radical (unpaired) electrons. The van der Waals surface area contributed by atoms with E-state index in [9.17, 15) is 14.7 Å². The van der Waals surface area contributed by atoms with Crippen LogP contribution in [0, 0.1) is 5.92 Å². The molecule has 29 heavy (non-hydrogen) atoms. The zero-order chi connectivity index (χ0) is 20.6. The van der Waals surface area contributed by atoms with Gasteiger partial charge < -0.3 is 15.7 Å². The zero-order valence-corrected chi connectivity index (χ0v) is 16.9. The highest BCUT2D eigenvalue weighted by atomic mass is 35.5. The molecular formula is C22H24ClN3O3. The van der Waals surface area contributed by atoms with Crippen molar-refractivity contribution in [1.82, 2.24) is 5.32 Å². The number of urea groups is 1. The first-order chi connectivity index (χ1) is 13.9. The summed E-state index contributed by atoms with van der Waals surface area (Å²) in [7, 11) is 0. The monoisotopic (exact) mass is 413 g/mol. The van der Waals surface area contributed by atoms with Crippen molar-refractivity contribution in [2.24, 2.45) is 5.92 Å². The normalized spacial score (nSPS) is 26.4. The number of benzene rings is 2. The van der Waals surface area contributed by atoms with Gasteiger partial charge in [0.1, 0.15) is 0 Å². The second-order valence-electron chi connectivity index (χ2n) is 7.80. The number of halogens is 1. The van der Waals surface area contributed by atoms with Gasteiger partial charge in [0.05, 0.1) is 5.69 Å². The lowest BCUT2D eigenvalue weighted by Crippen LogP contribution is -2.64. The predicted molar refractivity (Wildman–Crippen MR) is 113 cm³/mol. The first kappa shape index (κ1) is 19.7. The van der Waals surface area contributed by atoms with Crippen LogP contribution < -0.4 is 15.5 Å². The lowest BCUT2D eigenvalue weighted by Gasteiger charge is -2.44. The summed E-state index contributed by atoms with van der Waals surface area (Å²) in [5.74, 6) is -0.290. The first-order valence-corrected chi connectivity index (χ1v) is 10.3. The van der Waals surface area contributed by atoms with Gasteiger partial charge in [-0.1, -0.05) is 49.6 Å². The summed E-state index contributed by atoms with van der Waals surface area (Å²) in [6.45, 7) is 2.10. The molecular weight excluding hydrogens is 390 g/mol. The third-order valence-electron chi connectivity index (χ3n) is 5.90. The number of hydrogen-bond acceptors (Lipinski definition) is 3. The molecule has 2 aromatic rings. The molecule has 2 aromatic carbocycles. The molecule has 4 rings (SSSR count). The summed E-state index contributed by atoms with van der Waals surface area (Å²) in [5.41, 5.74) is -1.06. The topological polar surface area (TPSA) is 81.7 Å². The number of carbonyl (C=O) groups is 2. The molecule has 0 bridgehead atoms. The predicted octanol–water partition coefficient (Wildman–Crippen LogP) is 4.23. The number of rotatable bonds is 3. The average molecular weight is 414 g/mol. The van der Waals surface area contributed by atoms with Crippen LogP contribution in [0.5, 0.6) is 0 Å². The van der Waals surface area contributed by atoms with E-state index in [4.69, 9.17) is 11.6 Å². The van der Waals surface area contributed by atoms with Crippen LogP contribution >= 0.6 is 11.6 Å². The Labute approximate surface area is 174 Å². The van der Waals surface area contributed by atoms with Crippen LogP contribution in [0.3, 0.4) is 0 Å². The van der Waals surface area contributed by atoms with Crippen LogP contribution in [0.25, 0.3) is 0 Å². The Kier molecular flexibility index (Phi) is 5.23. The molecule has 6 nitrogen and oxygen atoms in total. The maximum atomic E-state index is 13.5. The third-order valence-corrected chi connectivity index (χ3v) is 6.15.